The Balaban J connectivity index is 1.99. The third-order valence-corrected chi connectivity index (χ3v) is 4.82. The van der Waals surface area contributed by atoms with Crippen LogP contribution in [0.1, 0.15) is 40.7 Å². The number of carbonyl (C=O) groups is 1. The number of hydrogen-bond acceptors (Lipinski definition) is 3. The van der Waals surface area contributed by atoms with Crippen LogP contribution in [0.25, 0.3) is 0 Å². The Kier molecular flexibility index (Phi) is 4.78. The minimum Gasteiger partial charge on any atom is -0.338 e. The Labute approximate surface area is 113 Å². The molecule has 1 saturated heterocycles. The van der Waals surface area contributed by atoms with Crippen LogP contribution in [-0.2, 0) is 6.42 Å². The molecule has 4 heteroatoms. The summed E-state index contributed by atoms with van der Waals surface area (Å²) in [5.74, 6) is 0.805. The van der Waals surface area contributed by atoms with Crippen molar-refractivity contribution in [2.24, 2.45) is 11.7 Å². The average Bonchev–Trinajstić information content (AvgIpc) is 2.87. The minimum absolute atomic E-state index is 0.210. The van der Waals surface area contributed by atoms with Crippen molar-refractivity contribution in [3.63, 3.8) is 0 Å². The summed E-state index contributed by atoms with van der Waals surface area (Å²) in [5.41, 5.74) is 5.61. The molecule has 2 rings (SSSR count). The molecule has 0 saturated carbocycles. The van der Waals surface area contributed by atoms with Crippen LogP contribution in [-0.4, -0.2) is 30.4 Å². The van der Waals surface area contributed by atoms with Gasteiger partial charge < -0.3 is 10.6 Å². The lowest BCUT2D eigenvalue weighted by atomic mass is 9.95. The predicted molar refractivity (Wildman–Crippen MR) is 76.0 cm³/mol. The van der Waals surface area contributed by atoms with Crippen molar-refractivity contribution in [3.05, 3.63) is 21.9 Å². The number of rotatable bonds is 4. The van der Waals surface area contributed by atoms with Crippen molar-refractivity contribution >= 4 is 17.2 Å². The summed E-state index contributed by atoms with van der Waals surface area (Å²) >= 11 is 1.63. The van der Waals surface area contributed by atoms with E-state index in [9.17, 15) is 4.79 Å². The molecule has 1 fully saturated rings. The van der Waals surface area contributed by atoms with E-state index in [-0.39, 0.29) is 5.91 Å². The molecule has 1 aliphatic rings. The van der Waals surface area contributed by atoms with E-state index in [2.05, 4.69) is 13.0 Å². The van der Waals surface area contributed by atoms with E-state index in [1.807, 2.05) is 11.0 Å². The van der Waals surface area contributed by atoms with Crippen LogP contribution >= 0.6 is 11.3 Å². The van der Waals surface area contributed by atoms with Gasteiger partial charge in [-0.25, -0.2) is 0 Å². The summed E-state index contributed by atoms with van der Waals surface area (Å²) in [6.07, 6.45) is 4.37. The summed E-state index contributed by atoms with van der Waals surface area (Å²) in [4.78, 5) is 16.6. The van der Waals surface area contributed by atoms with Gasteiger partial charge in [-0.2, -0.15) is 0 Å². The summed E-state index contributed by atoms with van der Waals surface area (Å²) in [5, 5.41) is 0. The number of nitrogens with zero attached hydrogens (tertiary/aromatic N) is 1. The van der Waals surface area contributed by atoms with Crippen LogP contribution in [0.3, 0.4) is 0 Å². The first-order valence-electron chi connectivity index (χ1n) is 6.82. The number of thiophene rings is 1. The van der Waals surface area contributed by atoms with Gasteiger partial charge in [0.2, 0.25) is 0 Å². The van der Waals surface area contributed by atoms with E-state index in [1.54, 1.807) is 11.3 Å². The first kappa shape index (κ1) is 13.6. The lowest BCUT2D eigenvalue weighted by Gasteiger charge is -2.32. The van der Waals surface area contributed by atoms with E-state index in [1.165, 1.54) is 11.3 Å². The second kappa shape index (κ2) is 6.34. The molecule has 2 heterocycles. The van der Waals surface area contributed by atoms with Crippen LogP contribution in [0.4, 0.5) is 0 Å². The maximum atomic E-state index is 12.4. The molecule has 18 heavy (non-hydrogen) atoms. The average molecular weight is 266 g/mol. The predicted octanol–water partition coefficient (Wildman–Crippen LogP) is 2.51. The molecular weight excluding hydrogens is 244 g/mol. The fourth-order valence-corrected chi connectivity index (χ4v) is 3.47. The second-order valence-electron chi connectivity index (χ2n) is 4.96. The van der Waals surface area contributed by atoms with Crippen molar-refractivity contribution in [3.8, 4) is 0 Å². The lowest BCUT2D eigenvalue weighted by Crippen LogP contribution is -2.40. The van der Waals surface area contributed by atoms with Gasteiger partial charge in [0.25, 0.3) is 5.91 Å². The molecule has 3 nitrogen and oxygen atoms in total. The number of nitrogens with two attached hydrogens (primary N) is 1. The van der Waals surface area contributed by atoms with Crippen molar-refractivity contribution in [2.45, 2.75) is 32.6 Å². The smallest absolute Gasteiger partial charge is 0.263 e. The normalized spacial score (nSPS) is 20.1. The van der Waals surface area contributed by atoms with Crippen molar-refractivity contribution in [2.75, 3.05) is 19.6 Å². The summed E-state index contributed by atoms with van der Waals surface area (Å²) < 4.78 is 0. The Bertz CT molecular complexity index is 400. The molecule has 2 N–H and O–H groups in total. The molecule has 1 unspecified atom stereocenters. The summed E-state index contributed by atoms with van der Waals surface area (Å²) in [7, 11) is 0. The number of carbonyl (C=O) groups excluding carboxylic acids is 1. The van der Waals surface area contributed by atoms with Crippen molar-refractivity contribution in [1.82, 2.24) is 4.90 Å². The number of hydrogen-bond donors (Lipinski definition) is 1. The largest absolute Gasteiger partial charge is 0.338 e. The zero-order chi connectivity index (χ0) is 13.0. The maximum absolute atomic E-state index is 12.4. The van der Waals surface area contributed by atoms with Crippen LogP contribution in [0.15, 0.2) is 12.1 Å². The zero-order valence-electron chi connectivity index (χ0n) is 11.0. The SMILES string of the molecule is CCc1ccc(C(=O)N2CCCC(CCN)C2)s1. The third-order valence-electron chi connectivity index (χ3n) is 3.60. The highest BCUT2D eigenvalue weighted by Gasteiger charge is 2.24. The molecule has 1 amide bonds. The van der Waals surface area contributed by atoms with Gasteiger partial charge in [0, 0.05) is 18.0 Å². The molecule has 0 aromatic carbocycles. The molecule has 1 aromatic rings. The van der Waals surface area contributed by atoms with Crippen LogP contribution in [0.5, 0.6) is 0 Å². The van der Waals surface area contributed by atoms with Gasteiger partial charge in [-0.05, 0) is 50.3 Å². The van der Waals surface area contributed by atoms with Gasteiger partial charge >= 0.3 is 0 Å². The van der Waals surface area contributed by atoms with Gasteiger partial charge in [-0.15, -0.1) is 11.3 Å². The fourth-order valence-electron chi connectivity index (χ4n) is 2.56. The third kappa shape index (κ3) is 3.12. The molecular formula is C14H22N2OS. The number of amides is 1. The monoisotopic (exact) mass is 266 g/mol. The standard InChI is InChI=1S/C14H22N2OS/c1-2-12-5-6-13(18-12)14(17)16-9-3-4-11(10-16)7-8-15/h5-6,11H,2-4,7-10,15H2,1H3. The highest BCUT2D eigenvalue weighted by molar-refractivity contribution is 7.14. The highest BCUT2D eigenvalue weighted by Crippen LogP contribution is 2.24. The van der Waals surface area contributed by atoms with Gasteiger partial charge in [0.1, 0.15) is 0 Å². The molecule has 1 aliphatic heterocycles. The molecule has 0 bridgehead atoms. The Morgan fingerprint density at radius 3 is 3.06 bits per heavy atom. The quantitative estimate of drug-likeness (QED) is 0.910. The summed E-state index contributed by atoms with van der Waals surface area (Å²) in [6.45, 7) is 4.64. The Morgan fingerprint density at radius 2 is 2.39 bits per heavy atom. The van der Waals surface area contributed by atoms with E-state index in [4.69, 9.17) is 5.73 Å². The Hall–Kier alpha value is -0.870. The van der Waals surface area contributed by atoms with Crippen molar-refractivity contribution in [1.29, 1.82) is 0 Å². The van der Waals surface area contributed by atoms with Crippen LogP contribution < -0.4 is 5.73 Å². The first-order valence-corrected chi connectivity index (χ1v) is 7.64. The lowest BCUT2D eigenvalue weighted by molar-refractivity contribution is 0.0674. The number of aryl methyl sites for hydroxylation is 1. The van der Waals surface area contributed by atoms with Crippen LogP contribution in [0.2, 0.25) is 0 Å². The van der Waals surface area contributed by atoms with E-state index in [0.29, 0.717) is 5.92 Å². The zero-order valence-corrected chi connectivity index (χ0v) is 11.8. The molecule has 1 atom stereocenters. The molecule has 1 aromatic heterocycles. The second-order valence-corrected chi connectivity index (χ2v) is 6.12. The van der Waals surface area contributed by atoms with Crippen LogP contribution in [0, 0.1) is 5.92 Å². The van der Waals surface area contributed by atoms with E-state index in [0.717, 1.165) is 43.8 Å². The minimum atomic E-state index is 0.210. The Morgan fingerprint density at radius 1 is 1.56 bits per heavy atom. The number of likely N-dealkylation sites (tertiary alicyclic amines) is 1. The van der Waals surface area contributed by atoms with Gasteiger partial charge in [-0.3, -0.25) is 4.79 Å². The van der Waals surface area contributed by atoms with Gasteiger partial charge in [0.15, 0.2) is 0 Å². The molecule has 0 spiro atoms. The van der Waals surface area contributed by atoms with Crippen molar-refractivity contribution < 1.29 is 4.79 Å². The molecule has 0 radical (unpaired) electrons. The van der Waals surface area contributed by atoms with Gasteiger partial charge in [0.05, 0.1) is 4.88 Å². The summed E-state index contributed by atoms with van der Waals surface area (Å²) in [6, 6.07) is 4.04. The molecule has 100 valence electrons. The van der Waals surface area contributed by atoms with E-state index >= 15 is 0 Å². The number of piperidine rings is 1. The maximum Gasteiger partial charge on any atom is 0.263 e. The first-order chi connectivity index (χ1) is 8.74. The fraction of sp³-hybridized carbons (Fsp3) is 0.643. The highest BCUT2D eigenvalue weighted by atomic mass is 32.1. The molecule has 0 aliphatic carbocycles. The topological polar surface area (TPSA) is 46.3 Å². The van der Waals surface area contributed by atoms with E-state index < -0.39 is 0 Å². The van der Waals surface area contributed by atoms with Gasteiger partial charge in [-0.1, -0.05) is 6.92 Å².